The molecule has 0 saturated carbocycles. The van der Waals surface area contributed by atoms with E-state index >= 15 is 0 Å². The van der Waals surface area contributed by atoms with Crippen molar-refractivity contribution in [2.24, 2.45) is 0 Å². The lowest BCUT2D eigenvalue weighted by atomic mass is 10.0. The van der Waals surface area contributed by atoms with Crippen molar-refractivity contribution in [3.8, 4) is 0 Å². The van der Waals surface area contributed by atoms with Gasteiger partial charge in [0.15, 0.2) is 0 Å². The molecule has 0 radical (unpaired) electrons. The Kier molecular flexibility index (Phi) is 10.2. The van der Waals surface area contributed by atoms with Gasteiger partial charge in [-0.3, -0.25) is 0 Å². The molecule has 0 aliphatic heterocycles. The first-order chi connectivity index (χ1) is 13.7. The molecule has 0 amide bonds. The second-order valence-corrected chi connectivity index (χ2v) is 8.03. The molecule has 0 aromatic heterocycles. The van der Waals surface area contributed by atoms with Crippen LogP contribution in [0.2, 0.25) is 0 Å². The molecule has 0 heteroatoms. The van der Waals surface area contributed by atoms with Gasteiger partial charge in [0.2, 0.25) is 0 Å². The van der Waals surface area contributed by atoms with Crippen molar-refractivity contribution in [3.05, 3.63) is 93.4 Å². The van der Waals surface area contributed by atoms with E-state index in [0.29, 0.717) is 0 Å². The van der Waals surface area contributed by atoms with Crippen LogP contribution >= 0.6 is 0 Å². The first-order valence-corrected chi connectivity index (χ1v) is 10.5. The summed E-state index contributed by atoms with van der Waals surface area (Å²) in [5.74, 6) is 0. The smallest absolute Gasteiger partial charge is 0.0109 e. The summed E-state index contributed by atoms with van der Waals surface area (Å²) in [6.07, 6.45) is 3.79. The molecular weight excluding hydrogens is 348 g/mol. The Balaban J connectivity index is 0.000000232. The monoisotopic (exact) mass is 386 g/mol. The molecule has 0 unspecified atom stereocenters. The lowest BCUT2D eigenvalue weighted by Gasteiger charge is -2.01. The standard InChI is InChI=1S/C13H12.C9H12.C7H14/c1-9-8-10(2)12-6-4-5-7-13(12)11(9)3;1-7-4-5-8(2)9(3)6-7;1-4-5-6-7(2)3/h4-8H,2-3H2,1H3;4-6H,1-3H3;2,4-6H2,1,3H3. The van der Waals surface area contributed by atoms with Gasteiger partial charge < -0.3 is 0 Å². The zero-order valence-corrected chi connectivity index (χ0v) is 19.4. The molecule has 0 atom stereocenters. The molecule has 3 aromatic carbocycles. The molecule has 0 saturated heterocycles. The Morgan fingerprint density at radius 1 is 0.793 bits per heavy atom. The van der Waals surface area contributed by atoms with Gasteiger partial charge >= 0.3 is 0 Å². The summed E-state index contributed by atoms with van der Waals surface area (Å²) in [4.78, 5) is 0. The molecule has 29 heavy (non-hydrogen) atoms. The Morgan fingerprint density at radius 2 is 1.41 bits per heavy atom. The Morgan fingerprint density at radius 3 is 1.90 bits per heavy atom. The average Bonchev–Trinajstić information content (AvgIpc) is 2.69. The second kappa shape index (κ2) is 12.1. The molecule has 0 nitrogen and oxygen atoms in total. The lowest BCUT2D eigenvalue weighted by molar-refractivity contribution is 0.789. The van der Waals surface area contributed by atoms with Crippen LogP contribution in [0.25, 0.3) is 23.9 Å². The highest BCUT2D eigenvalue weighted by atomic mass is 14.0. The summed E-state index contributed by atoms with van der Waals surface area (Å²) in [6, 6.07) is 16.8. The van der Waals surface area contributed by atoms with E-state index in [4.69, 9.17) is 0 Å². The van der Waals surface area contributed by atoms with Crippen molar-refractivity contribution in [1.82, 2.24) is 0 Å². The van der Waals surface area contributed by atoms with E-state index in [2.05, 4.69) is 97.7 Å². The van der Waals surface area contributed by atoms with E-state index in [1.165, 1.54) is 57.9 Å². The first kappa shape index (κ1) is 24.4. The summed E-state index contributed by atoms with van der Waals surface area (Å²) in [5.41, 5.74) is 6.62. The third kappa shape index (κ3) is 8.11. The van der Waals surface area contributed by atoms with Crippen molar-refractivity contribution < 1.29 is 0 Å². The van der Waals surface area contributed by atoms with Gasteiger partial charge in [0.25, 0.3) is 0 Å². The van der Waals surface area contributed by atoms with Crippen molar-refractivity contribution in [1.29, 1.82) is 0 Å². The van der Waals surface area contributed by atoms with Crippen molar-refractivity contribution in [2.45, 2.75) is 60.8 Å². The van der Waals surface area contributed by atoms with Gasteiger partial charge in [-0.05, 0) is 85.4 Å². The Labute approximate surface area is 178 Å². The summed E-state index contributed by atoms with van der Waals surface area (Å²) in [7, 11) is 0. The minimum atomic E-state index is 1.08. The minimum absolute atomic E-state index is 1.08. The van der Waals surface area contributed by atoms with Crippen molar-refractivity contribution in [3.63, 3.8) is 0 Å². The fourth-order valence-corrected chi connectivity index (χ4v) is 3.03. The fourth-order valence-electron chi connectivity index (χ4n) is 3.03. The maximum Gasteiger partial charge on any atom is -0.0109 e. The van der Waals surface area contributed by atoms with E-state index in [1.807, 2.05) is 12.1 Å². The number of aryl methyl sites for hydroxylation is 4. The van der Waals surface area contributed by atoms with Gasteiger partial charge in [0.05, 0.1) is 0 Å². The molecule has 154 valence electrons. The normalized spacial score (nSPS) is 9.86. The SMILES string of the molecule is C=C(C)CCCC.C=c1cc(C)c(=C)c2ccccc12.Cc1ccc(C)c(C)c1. The number of unbranched alkanes of at least 4 members (excludes halogenated alkanes) is 1. The van der Waals surface area contributed by atoms with Crippen LogP contribution in [0.4, 0.5) is 0 Å². The Bertz CT molecular complexity index is 1040. The van der Waals surface area contributed by atoms with Crippen LogP contribution in [-0.2, 0) is 0 Å². The molecule has 0 heterocycles. The average molecular weight is 387 g/mol. The van der Waals surface area contributed by atoms with Gasteiger partial charge in [-0.2, -0.15) is 0 Å². The summed E-state index contributed by atoms with van der Waals surface area (Å²) in [6.45, 7) is 24.6. The Hall–Kier alpha value is -2.60. The second-order valence-electron chi connectivity index (χ2n) is 8.03. The highest BCUT2D eigenvalue weighted by molar-refractivity contribution is 5.84. The van der Waals surface area contributed by atoms with Crippen LogP contribution < -0.4 is 10.4 Å². The third-order valence-corrected chi connectivity index (χ3v) is 5.08. The van der Waals surface area contributed by atoms with Crippen LogP contribution in [0, 0.1) is 27.7 Å². The van der Waals surface area contributed by atoms with Crippen LogP contribution in [0.5, 0.6) is 0 Å². The maximum absolute atomic E-state index is 4.06. The third-order valence-electron chi connectivity index (χ3n) is 5.08. The van der Waals surface area contributed by atoms with Gasteiger partial charge in [-0.15, -0.1) is 6.58 Å². The van der Waals surface area contributed by atoms with Gasteiger partial charge in [-0.25, -0.2) is 0 Å². The summed E-state index contributed by atoms with van der Waals surface area (Å²) in [5, 5.41) is 4.62. The van der Waals surface area contributed by atoms with Gasteiger partial charge in [-0.1, -0.05) is 86.2 Å². The van der Waals surface area contributed by atoms with Gasteiger partial charge in [0, 0.05) is 0 Å². The molecule has 0 N–H and O–H groups in total. The summed E-state index contributed by atoms with van der Waals surface area (Å²) >= 11 is 0. The van der Waals surface area contributed by atoms with Crippen molar-refractivity contribution in [2.75, 3.05) is 0 Å². The molecule has 0 fully saturated rings. The van der Waals surface area contributed by atoms with Crippen molar-refractivity contribution >= 4 is 23.9 Å². The molecule has 3 rings (SSSR count). The van der Waals surface area contributed by atoms with E-state index in [-0.39, 0.29) is 0 Å². The predicted molar refractivity (Wildman–Crippen MR) is 134 cm³/mol. The van der Waals surface area contributed by atoms with E-state index in [1.54, 1.807) is 0 Å². The molecule has 0 bridgehead atoms. The van der Waals surface area contributed by atoms with Crippen LogP contribution in [0.15, 0.2) is 60.7 Å². The topological polar surface area (TPSA) is 0 Å². The van der Waals surface area contributed by atoms with E-state index in [9.17, 15) is 0 Å². The van der Waals surface area contributed by atoms with Crippen LogP contribution in [-0.4, -0.2) is 0 Å². The van der Waals surface area contributed by atoms with Crippen LogP contribution in [0.1, 0.15) is 55.4 Å². The molecule has 0 spiro atoms. The first-order valence-electron chi connectivity index (χ1n) is 10.5. The zero-order chi connectivity index (χ0) is 22.0. The summed E-state index contributed by atoms with van der Waals surface area (Å²) < 4.78 is 0. The number of rotatable bonds is 3. The van der Waals surface area contributed by atoms with E-state index in [0.717, 1.165) is 10.4 Å². The minimum Gasteiger partial charge on any atom is -0.100 e. The van der Waals surface area contributed by atoms with Crippen LogP contribution in [0.3, 0.4) is 0 Å². The number of hydrogen-bond donors (Lipinski definition) is 0. The number of fused-ring (bicyclic) bond motifs is 1. The highest BCUT2D eigenvalue weighted by Gasteiger charge is 1.96. The zero-order valence-electron chi connectivity index (χ0n) is 19.4. The van der Waals surface area contributed by atoms with Gasteiger partial charge in [0.1, 0.15) is 0 Å². The number of allylic oxidation sites excluding steroid dienone is 1. The van der Waals surface area contributed by atoms with E-state index < -0.39 is 0 Å². The maximum atomic E-state index is 4.06. The largest absolute Gasteiger partial charge is 0.100 e. The lowest BCUT2D eigenvalue weighted by Crippen LogP contribution is -2.12. The number of hydrogen-bond acceptors (Lipinski definition) is 0. The quantitative estimate of drug-likeness (QED) is 0.413. The highest BCUT2D eigenvalue weighted by Crippen LogP contribution is 2.07. The molecule has 0 aliphatic rings. The molecule has 3 aromatic rings. The fraction of sp³-hybridized carbons (Fsp3) is 0.310. The predicted octanol–water partition coefficient (Wildman–Crippen LogP) is 7.33. The molecular formula is C29H38. The number of benzene rings is 3. The molecule has 0 aliphatic carbocycles.